The van der Waals surface area contributed by atoms with Crippen LogP contribution in [0.3, 0.4) is 0 Å². The summed E-state index contributed by atoms with van der Waals surface area (Å²) in [5, 5.41) is 13.3. The monoisotopic (exact) mass is 358 g/mol. The van der Waals surface area contributed by atoms with Gasteiger partial charge in [0, 0.05) is 17.8 Å². The topological polar surface area (TPSA) is 98.5 Å². The van der Waals surface area contributed by atoms with Crippen LogP contribution in [0.25, 0.3) is 6.08 Å². The lowest BCUT2D eigenvalue weighted by atomic mass is 10.1. The minimum Gasteiger partial charge on any atom is -0.452 e. The molecule has 0 bridgehead atoms. The molecule has 0 aliphatic carbocycles. The Labute approximate surface area is 148 Å². The number of carbonyl (C=O) groups is 2. The van der Waals surface area contributed by atoms with Crippen LogP contribution >= 0.6 is 0 Å². The molecule has 26 heavy (non-hydrogen) atoms. The lowest BCUT2D eigenvalue weighted by molar-refractivity contribution is -0.385. The SMILES string of the molecule is Cc1ccc(F)cc1NC(=O)COC(=O)/C=C/c1ccccc1[N+](=O)[O-]. The Balaban J connectivity index is 1.91. The molecular weight excluding hydrogens is 343 g/mol. The van der Waals surface area contributed by atoms with Crippen LogP contribution in [-0.2, 0) is 14.3 Å². The summed E-state index contributed by atoms with van der Waals surface area (Å²) in [4.78, 5) is 33.7. The third kappa shape index (κ3) is 5.23. The third-order valence-corrected chi connectivity index (χ3v) is 3.35. The van der Waals surface area contributed by atoms with Gasteiger partial charge in [0.2, 0.25) is 0 Å². The van der Waals surface area contributed by atoms with E-state index in [0.717, 1.165) is 12.1 Å². The second-order valence-corrected chi connectivity index (χ2v) is 5.26. The Morgan fingerprint density at radius 1 is 1.27 bits per heavy atom. The van der Waals surface area contributed by atoms with E-state index in [1.807, 2.05) is 0 Å². The molecule has 0 saturated carbocycles. The molecule has 7 nitrogen and oxygen atoms in total. The van der Waals surface area contributed by atoms with Gasteiger partial charge in [-0.2, -0.15) is 0 Å². The van der Waals surface area contributed by atoms with E-state index in [4.69, 9.17) is 4.74 Å². The van der Waals surface area contributed by atoms with Crippen molar-refractivity contribution in [2.24, 2.45) is 0 Å². The second kappa shape index (κ2) is 8.52. The molecule has 0 fully saturated rings. The number of nitro benzene ring substituents is 1. The van der Waals surface area contributed by atoms with Crippen molar-refractivity contribution in [2.45, 2.75) is 6.92 Å². The van der Waals surface area contributed by atoms with Crippen molar-refractivity contribution < 1.29 is 23.6 Å². The van der Waals surface area contributed by atoms with Crippen LogP contribution in [0.2, 0.25) is 0 Å². The molecule has 0 saturated heterocycles. The van der Waals surface area contributed by atoms with E-state index in [0.29, 0.717) is 5.56 Å². The van der Waals surface area contributed by atoms with Crippen LogP contribution < -0.4 is 5.32 Å². The van der Waals surface area contributed by atoms with Gasteiger partial charge in [0.05, 0.1) is 10.5 Å². The molecule has 1 N–H and O–H groups in total. The molecule has 134 valence electrons. The van der Waals surface area contributed by atoms with Crippen LogP contribution in [0, 0.1) is 22.9 Å². The molecule has 0 radical (unpaired) electrons. The number of rotatable bonds is 6. The van der Waals surface area contributed by atoms with Crippen molar-refractivity contribution >= 4 is 29.3 Å². The minimum absolute atomic E-state index is 0.157. The summed E-state index contributed by atoms with van der Waals surface area (Å²) in [6.45, 7) is 1.12. The molecule has 2 rings (SSSR count). The average molecular weight is 358 g/mol. The van der Waals surface area contributed by atoms with Gasteiger partial charge in [0.15, 0.2) is 6.61 Å². The van der Waals surface area contributed by atoms with E-state index in [9.17, 15) is 24.1 Å². The summed E-state index contributed by atoms with van der Waals surface area (Å²) >= 11 is 0. The first-order valence-electron chi connectivity index (χ1n) is 7.51. The van der Waals surface area contributed by atoms with Crippen LogP contribution in [-0.4, -0.2) is 23.4 Å². The molecule has 0 unspecified atom stereocenters. The van der Waals surface area contributed by atoms with Gasteiger partial charge >= 0.3 is 5.97 Å². The molecule has 0 heterocycles. The zero-order chi connectivity index (χ0) is 19.1. The maximum absolute atomic E-state index is 13.2. The number of anilines is 1. The highest BCUT2D eigenvalue weighted by Gasteiger charge is 2.11. The number of carbonyl (C=O) groups excluding carboxylic acids is 2. The largest absolute Gasteiger partial charge is 0.452 e. The number of hydrogen-bond acceptors (Lipinski definition) is 5. The molecule has 0 spiro atoms. The third-order valence-electron chi connectivity index (χ3n) is 3.35. The summed E-state index contributed by atoms with van der Waals surface area (Å²) in [6, 6.07) is 9.80. The molecule has 8 heteroatoms. The van der Waals surface area contributed by atoms with E-state index in [1.54, 1.807) is 13.0 Å². The Morgan fingerprint density at radius 2 is 2.00 bits per heavy atom. The van der Waals surface area contributed by atoms with E-state index in [1.165, 1.54) is 36.4 Å². The lowest BCUT2D eigenvalue weighted by Gasteiger charge is -2.08. The zero-order valence-corrected chi connectivity index (χ0v) is 13.8. The predicted octanol–water partition coefficient (Wildman–Crippen LogP) is 3.24. The number of nitro groups is 1. The number of hydrogen-bond donors (Lipinski definition) is 1. The molecule has 2 aromatic rings. The summed E-state index contributed by atoms with van der Waals surface area (Å²) in [5.74, 6) is -1.98. The zero-order valence-electron chi connectivity index (χ0n) is 13.8. The fourth-order valence-corrected chi connectivity index (χ4v) is 2.05. The number of halogens is 1. The van der Waals surface area contributed by atoms with Gasteiger partial charge in [-0.3, -0.25) is 14.9 Å². The summed E-state index contributed by atoms with van der Waals surface area (Å²) in [7, 11) is 0. The van der Waals surface area contributed by atoms with E-state index < -0.39 is 29.2 Å². The number of para-hydroxylation sites is 1. The van der Waals surface area contributed by atoms with Crippen LogP contribution in [0.5, 0.6) is 0 Å². The van der Waals surface area contributed by atoms with Gasteiger partial charge in [0.1, 0.15) is 5.82 Å². The van der Waals surface area contributed by atoms with E-state index in [-0.39, 0.29) is 16.9 Å². The summed E-state index contributed by atoms with van der Waals surface area (Å²) in [6.07, 6.45) is 2.22. The Bertz CT molecular complexity index is 880. The van der Waals surface area contributed by atoms with Crippen molar-refractivity contribution in [3.05, 3.63) is 75.6 Å². The van der Waals surface area contributed by atoms with Gasteiger partial charge in [-0.25, -0.2) is 9.18 Å². The Morgan fingerprint density at radius 3 is 2.73 bits per heavy atom. The van der Waals surface area contributed by atoms with E-state index in [2.05, 4.69) is 5.32 Å². The number of nitrogens with zero attached hydrogens (tertiary/aromatic N) is 1. The number of nitrogens with one attached hydrogen (secondary N) is 1. The molecule has 1 amide bonds. The van der Waals surface area contributed by atoms with E-state index >= 15 is 0 Å². The first-order chi connectivity index (χ1) is 12.4. The molecule has 0 aliphatic rings. The van der Waals surface area contributed by atoms with Crippen molar-refractivity contribution in [1.82, 2.24) is 0 Å². The Kier molecular flexibility index (Phi) is 6.15. The van der Waals surface area contributed by atoms with Crippen LogP contribution in [0.15, 0.2) is 48.5 Å². The molecule has 0 aromatic heterocycles. The van der Waals surface area contributed by atoms with Crippen molar-refractivity contribution in [2.75, 3.05) is 11.9 Å². The number of benzene rings is 2. The van der Waals surface area contributed by atoms with Gasteiger partial charge < -0.3 is 10.1 Å². The highest BCUT2D eigenvalue weighted by Crippen LogP contribution is 2.19. The quantitative estimate of drug-likeness (QED) is 0.370. The van der Waals surface area contributed by atoms with Crippen LogP contribution in [0.1, 0.15) is 11.1 Å². The number of esters is 1. The van der Waals surface area contributed by atoms with Crippen molar-refractivity contribution in [3.63, 3.8) is 0 Å². The number of aryl methyl sites for hydroxylation is 1. The molecular formula is C18H15FN2O5. The highest BCUT2D eigenvalue weighted by atomic mass is 19.1. The predicted molar refractivity (Wildman–Crippen MR) is 92.9 cm³/mol. The minimum atomic E-state index is -0.839. The summed E-state index contributed by atoms with van der Waals surface area (Å²) < 4.78 is 17.9. The Hall–Kier alpha value is -3.55. The maximum atomic E-state index is 13.2. The van der Waals surface area contributed by atoms with Crippen molar-refractivity contribution in [3.8, 4) is 0 Å². The fourth-order valence-electron chi connectivity index (χ4n) is 2.05. The number of ether oxygens (including phenoxy) is 1. The maximum Gasteiger partial charge on any atom is 0.331 e. The highest BCUT2D eigenvalue weighted by molar-refractivity contribution is 5.95. The molecule has 0 aliphatic heterocycles. The van der Waals surface area contributed by atoms with Gasteiger partial charge in [-0.1, -0.05) is 18.2 Å². The normalized spacial score (nSPS) is 10.5. The standard InChI is InChI=1S/C18H15FN2O5/c1-12-6-8-14(19)10-15(12)20-17(22)11-26-18(23)9-7-13-4-2-3-5-16(13)21(24)25/h2-10H,11H2,1H3,(H,20,22)/b9-7+. The van der Waals surface area contributed by atoms with Gasteiger partial charge in [-0.15, -0.1) is 0 Å². The van der Waals surface area contributed by atoms with Gasteiger partial charge in [0.25, 0.3) is 11.6 Å². The van der Waals surface area contributed by atoms with Crippen molar-refractivity contribution in [1.29, 1.82) is 0 Å². The molecule has 0 atom stereocenters. The van der Waals surface area contributed by atoms with Crippen LogP contribution in [0.4, 0.5) is 15.8 Å². The second-order valence-electron chi connectivity index (χ2n) is 5.26. The fraction of sp³-hybridized carbons (Fsp3) is 0.111. The first-order valence-corrected chi connectivity index (χ1v) is 7.51. The first kappa shape index (κ1) is 18.8. The average Bonchev–Trinajstić information content (AvgIpc) is 2.61. The summed E-state index contributed by atoms with van der Waals surface area (Å²) in [5.41, 5.74) is 1.01. The molecule has 2 aromatic carbocycles. The lowest BCUT2D eigenvalue weighted by Crippen LogP contribution is -2.20. The number of amides is 1. The van der Waals surface area contributed by atoms with Gasteiger partial charge in [-0.05, 0) is 36.8 Å². The smallest absolute Gasteiger partial charge is 0.331 e.